The highest BCUT2D eigenvalue weighted by atomic mass is 79.9. The molecule has 0 unspecified atom stereocenters. The van der Waals surface area contributed by atoms with Crippen molar-refractivity contribution in [2.45, 2.75) is 6.04 Å². The number of methoxy groups -OCH3 is 3. The molecule has 3 aromatic rings. The molecule has 1 atom stereocenters. The van der Waals surface area contributed by atoms with Crippen molar-refractivity contribution in [2.24, 2.45) is 0 Å². The molecule has 0 N–H and O–H groups in total. The van der Waals surface area contributed by atoms with E-state index in [9.17, 15) is 9.59 Å². The van der Waals surface area contributed by atoms with Gasteiger partial charge in [-0.15, -0.1) is 0 Å². The first-order valence-electron chi connectivity index (χ1n) is 8.74. The van der Waals surface area contributed by atoms with Crippen LogP contribution in [0.3, 0.4) is 0 Å². The Morgan fingerprint density at radius 1 is 1.00 bits per heavy atom. The summed E-state index contributed by atoms with van der Waals surface area (Å²) in [6.07, 6.45) is 0. The summed E-state index contributed by atoms with van der Waals surface area (Å²) in [6.45, 7) is 0. The molecule has 0 bridgehead atoms. The van der Waals surface area contributed by atoms with Crippen LogP contribution in [-0.2, 0) is 0 Å². The number of hydrogen-bond donors (Lipinski definition) is 0. The molecule has 0 fully saturated rings. The monoisotopic (exact) mass is 459 g/mol. The fraction of sp³-hybridized carbons (Fsp3) is 0.238. The summed E-state index contributed by atoms with van der Waals surface area (Å²) >= 11 is 3.38. The first-order chi connectivity index (χ1) is 13.9. The highest BCUT2D eigenvalue weighted by Crippen LogP contribution is 2.44. The number of hydrogen-bond acceptors (Lipinski definition) is 6. The number of nitrogens with zero attached hydrogens (tertiary/aromatic N) is 1. The van der Waals surface area contributed by atoms with Crippen molar-refractivity contribution < 1.29 is 23.4 Å². The van der Waals surface area contributed by atoms with Crippen LogP contribution >= 0.6 is 15.9 Å². The average molecular weight is 460 g/mol. The number of fused-ring (bicyclic) bond motifs is 2. The summed E-state index contributed by atoms with van der Waals surface area (Å²) in [5, 5.41) is 0.402. The van der Waals surface area contributed by atoms with E-state index in [2.05, 4.69) is 15.9 Å². The molecule has 0 saturated heterocycles. The van der Waals surface area contributed by atoms with E-state index in [1.807, 2.05) is 0 Å². The maximum Gasteiger partial charge on any atom is 0.290 e. The van der Waals surface area contributed by atoms with Crippen LogP contribution < -0.4 is 19.6 Å². The lowest BCUT2D eigenvalue weighted by atomic mass is 9.98. The van der Waals surface area contributed by atoms with E-state index >= 15 is 0 Å². The van der Waals surface area contributed by atoms with Gasteiger partial charge in [-0.3, -0.25) is 9.59 Å². The zero-order valence-electron chi connectivity index (χ0n) is 16.2. The van der Waals surface area contributed by atoms with Gasteiger partial charge in [-0.25, -0.2) is 0 Å². The fourth-order valence-electron chi connectivity index (χ4n) is 3.71. The van der Waals surface area contributed by atoms with E-state index in [-0.39, 0.29) is 22.7 Å². The summed E-state index contributed by atoms with van der Waals surface area (Å²) in [5.74, 6) is 0.986. The van der Waals surface area contributed by atoms with E-state index in [0.29, 0.717) is 33.8 Å². The first kappa shape index (κ1) is 19.3. The van der Waals surface area contributed by atoms with Crippen LogP contribution in [-0.4, -0.2) is 39.2 Å². The lowest BCUT2D eigenvalue weighted by molar-refractivity contribution is 0.0771. The molecule has 0 aliphatic carbocycles. The van der Waals surface area contributed by atoms with Crippen LogP contribution in [0.2, 0.25) is 0 Å². The van der Waals surface area contributed by atoms with E-state index < -0.39 is 6.04 Å². The Balaban J connectivity index is 2.01. The lowest BCUT2D eigenvalue weighted by Gasteiger charge is -2.22. The normalized spacial score (nSPS) is 15.6. The molecule has 1 aliphatic rings. The second kappa shape index (κ2) is 7.11. The van der Waals surface area contributed by atoms with E-state index in [1.165, 1.54) is 26.2 Å². The van der Waals surface area contributed by atoms with Crippen LogP contribution in [0.4, 0.5) is 0 Å². The molecule has 1 aromatic heterocycles. The van der Waals surface area contributed by atoms with Crippen molar-refractivity contribution in [1.29, 1.82) is 0 Å². The van der Waals surface area contributed by atoms with Gasteiger partial charge in [0, 0.05) is 11.5 Å². The van der Waals surface area contributed by atoms with Crippen LogP contribution in [0.1, 0.15) is 27.7 Å². The van der Waals surface area contributed by atoms with Crippen molar-refractivity contribution in [3.8, 4) is 17.2 Å². The molecule has 0 radical (unpaired) electrons. The van der Waals surface area contributed by atoms with Gasteiger partial charge in [-0.1, -0.05) is 15.9 Å². The minimum absolute atomic E-state index is 0.0473. The second-order valence-corrected chi connectivity index (χ2v) is 7.51. The summed E-state index contributed by atoms with van der Waals surface area (Å²) in [7, 11) is 6.17. The predicted molar refractivity (Wildman–Crippen MR) is 110 cm³/mol. The molecule has 2 aromatic carbocycles. The first-order valence-corrected chi connectivity index (χ1v) is 9.53. The maximum absolute atomic E-state index is 13.3. The molecule has 2 heterocycles. The van der Waals surface area contributed by atoms with Crippen LogP contribution in [0, 0.1) is 0 Å². The predicted octanol–water partition coefficient (Wildman–Crippen LogP) is 3.76. The summed E-state index contributed by atoms with van der Waals surface area (Å²) in [5.41, 5.74) is 1.05. The number of amides is 1. The standard InChI is InChI=1S/C21H18BrNO6/c1-23-17(10-7-14(26-2)19(28-4)15(8-10)27-3)16-18(24)12-9-11(22)5-6-13(12)29-20(16)21(23)25/h5-9,17H,1-4H3/t17-/m1/s1. The third-order valence-corrected chi connectivity index (χ3v) is 5.56. The number of carbonyl (C=O) groups excluding carboxylic acids is 1. The Kier molecular flexibility index (Phi) is 4.74. The van der Waals surface area contributed by atoms with Gasteiger partial charge in [0.05, 0.1) is 38.3 Å². The Hall–Kier alpha value is -3.00. The number of rotatable bonds is 4. The maximum atomic E-state index is 13.3. The third kappa shape index (κ3) is 2.86. The third-order valence-electron chi connectivity index (χ3n) is 5.07. The molecular formula is C21H18BrNO6. The molecule has 29 heavy (non-hydrogen) atoms. The second-order valence-electron chi connectivity index (χ2n) is 6.59. The Labute approximate surface area is 174 Å². The zero-order chi connectivity index (χ0) is 20.9. The van der Waals surface area contributed by atoms with Crippen molar-refractivity contribution in [2.75, 3.05) is 28.4 Å². The Morgan fingerprint density at radius 2 is 1.66 bits per heavy atom. The minimum atomic E-state index is -0.647. The van der Waals surface area contributed by atoms with Crippen LogP contribution in [0.5, 0.6) is 17.2 Å². The molecule has 1 aliphatic heterocycles. The van der Waals surface area contributed by atoms with Gasteiger partial charge in [-0.05, 0) is 35.9 Å². The molecule has 8 heteroatoms. The number of benzene rings is 2. The molecule has 0 spiro atoms. The van der Waals surface area contributed by atoms with Gasteiger partial charge in [0.25, 0.3) is 5.91 Å². The SMILES string of the molecule is COc1cc([C@@H]2c3c(oc4ccc(Br)cc4c3=O)C(=O)N2C)cc(OC)c1OC. The summed E-state index contributed by atoms with van der Waals surface area (Å²) < 4.78 is 22.8. The molecule has 7 nitrogen and oxygen atoms in total. The van der Waals surface area contributed by atoms with Crippen LogP contribution in [0.25, 0.3) is 11.0 Å². The van der Waals surface area contributed by atoms with Gasteiger partial charge < -0.3 is 23.5 Å². The van der Waals surface area contributed by atoms with E-state index in [4.69, 9.17) is 18.6 Å². The Morgan fingerprint density at radius 3 is 2.24 bits per heavy atom. The number of ether oxygens (including phenoxy) is 3. The van der Waals surface area contributed by atoms with Gasteiger partial charge in [0.1, 0.15) is 5.58 Å². The largest absolute Gasteiger partial charge is 0.493 e. The molecular weight excluding hydrogens is 442 g/mol. The van der Waals surface area contributed by atoms with Gasteiger partial charge >= 0.3 is 0 Å². The zero-order valence-corrected chi connectivity index (χ0v) is 17.8. The topological polar surface area (TPSA) is 78.2 Å². The average Bonchev–Trinajstić information content (AvgIpc) is 2.98. The van der Waals surface area contributed by atoms with Crippen molar-refractivity contribution in [3.63, 3.8) is 0 Å². The van der Waals surface area contributed by atoms with Crippen molar-refractivity contribution in [1.82, 2.24) is 4.90 Å². The molecule has 4 rings (SSSR count). The molecule has 1 amide bonds. The fourth-order valence-corrected chi connectivity index (χ4v) is 4.07. The van der Waals surface area contributed by atoms with Crippen LogP contribution in [0.15, 0.2) is 44.0 Å². The van der Waals surface area contributed by atoms with Gasteiger partial charge in [-0.2, -0.15) is 0 Å². The molecule has 0 saturated carbocycles. The van der Waals surface area contributed by atoms with Gasteiger partial charge in [0.15, 0.2) is 16.9 Å². The van der Waals surface area contributed by atoms with E-state index in [1.54, 1.807) is 37.4 Å². The number of carbonyl (C=O) groups is 1. The quantitative estimate of drug-likeness (QED) is 0.590. The van der Waals surface area contributed by atoms with Gasteiger partial charge in [0.2, 0.25) is 11.5 Å². The van der Waals surface area contributed by atoms with E-state index in [0.717, 1.165) is 4.47 Å². The number of halogens is 1. The van der Waals surface area contributed by atoms with Crippen molar-refractivity contribution in [3.05, 3.63) is 61.9 Å². The summed E-state index contributed by atoms with van der Waals surface area (Å²) in [6, 6.07) is 7.94. The van der Waals surface area contributed by atoms with Crippen molar-refractivity contribution >= 4 is 32.8 Å². The highest BCUT2D eigenvalue weighted by Gasteiger charge is 2.41. The highest BCUT2D eigenvalue weighted by molar-refractivity contribution is 9.10. The smallest absolute Gasteiger partial charge is 0.290 e. The lowest BCUT2D eigenvalue weighted by Crippen LogP contribution is -2.25. The minimum Gasteiger partial charge on any atom is -0.493 e. The Bertz CT molecular complexity index is 1180. The molecule has 150 valence electrons. The summed E-state index contributed by atoms with van der Waals surface area (Å²) in [4.78, 5) is 27.7.